The molecule has 0 aliphatic rings. The molecule has 4 rings (SSSR count). The summed E-state index contributed by atoms with van der Waals surface area (Å²) in [7, 11) is -6.02. The van der Waals surface area contributed by atoms with E-state index < -0.39 is 20.1 Å². The van der Waals surface area contributed by atoms with Crippen molar-refractivity contribution >= 4 is 53.7 Å². The Morgan fingerprint density at radius 1 is 0.688 bits per heavy atom. The Kier molecular flexibility index (Phi) is 13.3. The molecule has 0 aliphatic heterocycles. The van der Waals surface area contributed by atoms with Gasteiger partial charge in [0, 0.05) is 5.39 Å². The van der Waals surface area contributed by atoms with Gasteiger partial charge in [-0.3, -0.25) is 4.55 Å². The Balaban J connectivity index is 1.56. The molecule has 0 saturated heterocycles. The molecule has 13 heteroatoms. The molecule has 3 atom stereocenters. The van der Waals surface area contributed by atoms with Gasteiger partial charge in [-0.2, -0.15) is 23.8 Å². The van der Waals surface area contributed by atoms with Gasteiger partial charge in [0.15, 0.2) is 0 Å². The average molecular weight is 694 g/mol. The topological polar surface area (TPSA) is 159 Å². The molecule has 3 unspecified atom stereocenters. The standard InChI is InChI=1S/C35H43N5O6S2/c1-26(22-25-48(43,44)45)10-9-15-33(27(2)23-24-47(41,42)36-3)46-34-21-16-28-11-7-8-14-32(28)35(34)40-39-31-19-17-30(18-20-31)38-37-29-12-5-4-6-13-29/h4-8,11-14,16-21,26-27,33,36H,9-10,15,22-25H2,1-3H3,(H,43,44,45). The van der Waals surface area contributed by atoms with Gasteiger partial charge in [0.05, 0.1) is 28.6 Å². The number of hydrogen-bond acceptors (Lipinski definition) is 9. The van der Waals surface area contributed by atoms with E-state index in [0.29, 0.717) is 42.1 Å². The number of azo groups is 2. The highest BCUT2D eigenvalue weighted by Crippen LogP contribution is 2.39. The normalized spacial score (nSPS) is 14.4. The summed E-state index contributed by atoms with van der Waals surface area (Å²) in [6.45, 7) is 3.92. The van der Waals surface area contributed by atoms with Crippen molar-refractivity contribution in [2.24, 2.45) is 32.3 Å². The second-order valence-corrected chi connectivity index (χ2v) is 15.6. The largest absolute Gasteiger partial charge is 0.488 e. The van der Waals surface area contributed by atoms with E-state index in [9.17, 15) is 16.8 Å². The van der Waals surface area contributed by atoms with E-state index in [1.165, 1.54) is 7.05 Å². The van der Waals surface area contributed by atoms with Gasteiger partial charge in [0.2, 0.25) is 10.0 Å². The maximum atomic E-state index is 12.2. The SMILES string of the molecule is CNS(=O)(=O)CCC(C)C(CCCC(C)CCS(=O)(=O)O)Oc1ccc2ccccc2c1N=Nc1ccc(N=Nc2ccccc2)cc1. The lowest BCUT2D eigenvalue weighted by Crippen LogP contribution is -2.29. The first-order chi connectivity index (χ1) is 22.9. The van der Waals surface area contributed by atoms with Gasteiger partial charge in [-0.1, -0.05) is 68.8 Å². The molecule has 4 aromatic rings. The highest BCUT2D eigenvalue weighted by atomic mass is 32.2. The van der Waals surface area contributed by atoms with Crippen molar-refractivity contribution in [1.29, 1.82) is 0 Å². The minimum Gasteiger partial charge on any atom is -0.488 e. The van der Waals surface area contributed by atoms with Gasteiger partial charge in [0.25, 0.3) is 10.1 Å². The minimum absolute atomic E-state index is 0.0412. The monoisotopic (exact) mass is 693 g/mol. The number of ether oxygens (including phenoxy) is 1. The second-order valence-electron chi connectivity index (χ2n) is 11.9. The van der Waals surface area contributed by atoms with Crippen LogP contribution in [0.5, 0.6) is 5.75 Å². The first kappa shape index (κ1) is 36.8. The van der Waals surface area contributed by atoms with Crippen LogP contribution in [0.3, 0.4) is 0 Å². The predicted molar refractivity (Wildman–Crippen MR) is 190 cm³/mol. The number of rotatable bonds is 18. The average Bonchev–Trinajstić information content (AvgIpc) is 3.08. The third kappa shape index (κ3) is 11.9. The summed E-state index contributed by atoms with van der Waals surface area (Å²) in [5.74, 6) is 0.149. The highest BCUT2D eigenvalue weighted by Gasteiger charge is 2.24. The first-order valence-electron chi connectivity index (χ1n) is 16.0. The molecule has 4 aromatic carbocycles. The number of sulfonamides is 1. The zero-order chi connectivity index (χ0) is 34.6. The summed E-state index contributed by atoms with van der Waals surface area (Å²) < 4.78 is 65.0. The highest BCUT2D eigenvalue weighted by molar-refractivity contribution is 7.89. The van der Waals surface area contributed by atoms with Crippen molar-refractivity contribution in [2.45, 2.75) is 52.1 Å². The summed E-state index contributed by atoms with van der Waals surface area (Å²) in [5.41, 5.74) is 2.61. The van der Waals surface area contributed by atoms with Crippen LogP contribution in [0.15, 0.2) is 111 Å². The molecule has 0 spiro atoms. The number of hydrogen-bond donors (Lipinski definition) is 2. The van der Waals surface area contributed by atoms with E-state index in [0.717, 1.165) is 29.3 Å². The molecule has 0 fully saturated rings. The van der Waals surface area contributed by atoms with E-state index in [1.807, 2.05) is 105 Å². The Morgan fingerprint density at radius 3 is 1.94 bits per heavy atom. The van der Waals surface area contributed by atoms with E-state index in [4.69, 9.17) is 9.29 Å². The van der Waals surface area contributed by atoms with Crippen LogP contribution in [-0.4, -0.2) is 46.0 Å². The quantitative estimate of drug-likeness (QED) is 0.0781. The van der Waals surface area contributed by atoms with Crippen LogP contribution >= 0.6 is 0 Å². The molecule has 0 amide bonds. The smallest absolute Gasteiger partial charge is 0.264 e. The third-order valence-corrected chi connectivity index (χ3v) is 10.3. The molecule has 0 saturated carbocycles. The zero-order valence-corrected chi connectivity index (χ0v) is 29.1. The van der Waals surface area contributed by atoms with Crippen LogP contribution in [0.2, 0.25) is 0 Å². The fourth-order valence-corrected chi connectivity index (χ4v) is 6.74. The van der Waals surface area contributed by atoms with Crippen LogP contribution < -0.4 is 9.46 Å². The number of nitrogens with one attached hydrogen (secondary N) is 1. The van der Waals surface area contributed by atoms with Crippen molar-refractivity contribution in [3.05, 3.63) is 91.0 Å². The summed E-state index contributed by atoms with van der Waals surface area (Å²) in [4.78, 5) is 0. The molecule has 0 bridgehead atoms. The Bertz CT molecular complexity index is 1900. The van der Waals surface area contributed by atoms with Crippen molar-refractivity contribution in [1.82, 2.24) is 4.72 Å². The van der Waals surface area contributed by atoms with Gasteiger partial charge in [-0.15, -0.1) is 5.11 Å². The van der Waals surface area contributed by atoms with Crippen molar-refractivity contribution in [3.63, 3.8) is 0 Å². The first-order valence-corrected chi connectivity index (χ1v) is 19.2. The Morgan fingerprint density at radius 2 is 1.29 bits per heavy atom. The van der Waals surface area contributed by atoms with E-state index >= 15 is 0 Å². The lowest BCUT2D eigenvalue weighted by Gasteiger charge is -2.26. The number of nitrogens with zero attached hydrogens (tertiary/aromatic N) is 4. The number of benzene rings is 4. The second kappa shape index (κ2) is 17.4. The summed E-state index contributed by atoms with van der Waals surface area (Å²) >= 11 is 0. The molecule has 0 radical (unpaired) electrons. The Labute approximate surface area is 283 Å². The maximum Gasteiger partial charge on any atom is 0.264 e. The fraction of sp³-hybridized carbons (Fsp3) is 0.371. The molecule has 0 aliphatic carbocycles. The predicted octanol–water partition coefficient (Wildman–Crippen LogP) is 9.08. The van der Waals surface area contributed by atoms with E-state index in [-0.39, 0.29) is 29.4 Å². The fourth-order valence-electron chi connectivity index (χ4n) is 5.15. The van der Waals surface area contributed by atoms with Crippen molar-refractivity contribution < 1.29 is 26.1 Å². The molecule has 0 aromatic heterocycles. The number of fused-ring (bicyclic) bond motifs is 1. The van der Waals surface area contributed by atoms with Gasteiger partial charge < -0.3 is 4.74 Å². The molecule has 2 N–H and O–H groups in total. The maximum absolute atomic E-state index is 12.2. The third-order valence-electron chi connectivity index (χ3n) is 8.14. The summed E-state index contributed by atoms with van der Waals surface area (Å²) in [6.07, 6.45) is 2.44. The summed E-state index contributed by atoms with van der Waals surface area (Å²) in [6, 6.07) is 28.4. The van der Waals surface area contributed by atoms with Gasteiger partial charge in [-0.25, -0.2) is 13.1 Å². The van der Waals surface area contributed by atoms with Crippen LogP contribution in [0.25, 0.3) is 10.8 Å². The van der Waals surface area contributed by atoms with Crippen LogP contribution in [0.1, 0.15) is 46.0 Å². The molecule has 11 nitrogen and oxygen atoms in total. The van der Waals surface area contributed by atoms with Gasteiger partial charge >= 0.3 is 0 Å². The van der Waals surface area contributed by atoms with Crippen LogP contribution in [0, 0.1) is 11.8 Å². The van der Waals surface area contributed by atoms with Crippen LogP contribution in [0.4, 0.5) is 22.7 Å². The van der Waals surface area contributed by atoms with Gasteiger partial charge in [0.1, 0.15) is 17.5 Å². The Hall–Kier alpha value is -4.04. The van der Waals surface area contributed by atoms with Crippen LogP contribution in [-0.2, 0) is 20.1 Å². The zero-order valence-electron chi connectivity index (χ0n) is 27.4. The molecule has 256 valence electrons. The molecule has 0 heterocycles. The van der Waals surface area contributed by atoms with Gasteiger partial charge in [-0.05, 0) is 92.4 Å². The lowest BCUT2D eigenvalue weighted by atomic mass is 9.93. The molecule has 48 heavy (non-hydrogen) atoms. The van der Waals surface area contributed by atoms with Crippen molar-refractivity contribution in [3.8, 4) is 5.75 Å². The summed E-state index contributed by atoms with van der Waals surface area (Å²) in [5, 5.41) is 19.5. The minimum atomic E-state index is -4.02. The van der Waals surface area contributed by atoms with Crippen molar-refractivity contribution in [2.75, 3.05) is 18.6 Å². The van der Waals surface area contributed by atoms with E-state index in [1.54, 1.807) is 0 Å². The molecular formula is C35H43N5O6S2. The molecular weight excluding hydrogens is 651 g/mol. The lowest BCUT2D eigenvalue weighted by molar-refractivity contribution is 0.127. The van der Waals surface area contributed by atoms with E-state index in [2.05, 4.69) is 25.2 Å².